The summed E-state index contributed by atoms with van der Waals surface area (Å²) >= 11 is 0. The second-order valence-corrected chi connectivity index (χ2v) is 12.1. The van der Waals surface area contributed by atoms with Gasteiger partial charge in [0.25, 0.3) is 0 Å². The van der Waals surface area contributed by atoms with Crippen LogP contribution in [-0.4, -0.2) is 5.91 Å². The van der Waals surface area contributed by atoms with Crippen LogP contribution in [0.25, 0.3) is 0 Å². The predicted octanol–water partition coefficient (Wildman–Crippen LogP) is 13.0. The van der Waals surface area contributed by atoms with E-state index < -0.39 is 0 Å². The number of hydrogen-bond acceptors (Lipinski definition) is 1. The predicted molar refractivity (Wildman–Crippen MR) is 174 cm³/mol. The van der Waals surface area contributed by atoms with Gasteiger partial charge < -0.3 is 5.73 Å². The lowest BCUT2D eigenvalue weighted by atomic mass is 10.0. The molecule has 0 spiro atoms. The van der Waals surface area contributed by atoms with Gasteiger partial charge in [-0.15, -0.1) is 0 Å². The zero-order chi connectivity index (χ0) is 28.2. The summed E-state index contributed by atoms with van der Waals surface area (Å²) in [5.41, 5.74) is 5.11. The van der Waals surface area contributed by atoms with E-state index in [0.717, 1.165) is 6.42 Å². The van der Waals surface area contributed by atoms with E-state index in [1.807, 2.05) is 0 Å². The molecule has 0 atom stereocenters. The van der Waals surface area contributed by atoms with Gasteiger partial charge in [-0.25, -0.2) is 0 Å². The Bertz CT molecular complexity index is 392. The Morgan fingerprint density at radius 2 is 0.474 bits per heavy atom. The van der Waals surface area contributed by atoms with Gasteiger partial charge in [-0.2, -0.15) is 0 Å². The molecule has 2 nitrogen and oxygen atoms in total. The van der Waals surface area contributed by atoms with E-state index in [0.29, 0.717) is 6.42 Å². The minimum atomic E-state index is -0.153. The van der Waals surface area contributed by atoms with Crippen molar-refractivity contribution in [2.24, 2.45) is 5.73 Å². The van der Waals surface area contributed by atoms with E-state index in [9.17, 15) is 4.79 Å². The van der Waals surface area contributed by atoms with Crippen LogP contribution in [0, 0.1) is 0 Å². The average molecular weight is 538 g/mol. The maximum absolute atomic E-state index is 10.6. The molecule has 0 fully saturated rings. The van der Waals surface area contributed by atoms with Gasteiger partial charge in [-0.3, -0.25) is 4.79 Å². The van der Waals surface area contributed by atoms with Gasteiger partial charge in [0.05, 0.1) is 0 Å². The summed E-state index contributed by atoms with van der Waals surface area (Å²) in [6.07, 6.45) is 44.3. The molecule has 2 N–H and O–H groups in total. The smallest absolute Gasteiger partial charge is 0.217 e. The molecule has 0 aromatic carbocycles. The molecule has 0 aromatic rings. The van der Waals surface area contributed by atoms with Crippen LogP contribution in [0.15, 0.2) is 0 Å². The first-order valence-corrected chi connectivity index (χ1v) is 18.0. The van der Waals surface area contributed by atoms with Crippen LogP contribution in [-0.2, 0) is 4.79 Å². The summed E-state index contributed by atoms with van der Waals surface area (Å²) in [4.78, 5) is 10.6. The van der Waals surface area contributed by atoms with Crippen molar-refractivity contribution in [3.63, 3.8) is 0 Å². The monoisotopic (exact) mass is 538 g/mol. The third kappa shape index (κ3) is 42.6. The summed E-state index contributed by atoms with van der Waals surface area (Å²) in [5, 5.41) is 0. The van der Waals surface area contributed by atoms with Gasteiger partial charge in [-0.1, -0.05) is 213 Å². The van der Waals surface area contributed by atoms with E-state index in [-0.39, 0.29) is 5.91 Å². The quantitative estimate of drug-likeness (QED) is 0.0878. The molecule has 0 saturated heterocycles. The van der Waals surface area contributed by atoms with Crippen LogP contribution in [0.1, 0.15) is 226 Å². The van der Waals surface area contributed by atoms with Crippen molar-refractivity contribution in [2.75, 3.05) is 0 Å². The third-order valence-electron chi connectivity index (χ3n) is 7.98. The maximum atomic E-state index is 10.6. The van der Waals surface area contributed by atoms with E-state index in [1.54, 1.807) is 0 Å². The van der Waals surface area contributed by atoms with Crippen LogP contribution < -0.4 is 5.73 Å². The fourth-order valence-electron chi connectivity index (χ4n) is 5.29. The number of amides is 1. The molecule has 0 aromatic heterocycles. The topological polar surface area (TPSA) is 43.1 Å². The Labute approximate surface area is 242 Å². The lowest BCUT2D eigenvalue weighted by Gasteiger charge is -2.03. The molecule has 230 valence electrons. The number of carbonyl (C=O) groups is 1. The number of rotatable bonds is 31. The molecule has 0 aliphatic rings. The molecule has 0 aliphatic carbocycles. The van der Waals surface area contributed by atoms with Crippen molar-refractivity contribution in [2.45, 2.75) is 226 Å². The summed E-state index contributed by atoms with van der Waals surface area (Å²) in [5.74, 6) is -0.153. The highest BCUT2D eigenvalue weighted by Gasteiger charge is 1.96. The van der Waals surface area contributed by atoms with E-state index in [2.05, 4.69) is 20.8 Å². The van der Waals surface area contributed by atoms with E-state index in [4.69, 9.17) is 5.73 Å². The highest BCUT2D eigenvalue weighted by molar-refractivity contribution is 5.73. The normalized spacial score (nSPS) is 10.9. The third-order valence-corrected chi connectivity index (χ3v) is 7.98. The van der Waals surface area contributed by atoms with Gasteiger partial charge in [0.15, 0.2) is 0 Å². The van der Waals surface area contributed by atoms with Crippen LogP contribution in [0.4, 0.5) is 0 Å². The molecular formula is C36H75NO. The molecular weight excluding hydrogens is 462 g/mol. The average Bonchev–Trinajstić information content (AvgIpc) is 2.91. The zero-order valence-electron chi connectivity index (χ0n) is 27.1. The minimum absolute atomic E-state index is 0.153. The molecule has 2 heteroatoms. The first-order chi connectivity index (χ1) is 18.7. The summed E-state index contributed by atoms with van der Waals surface area (Å²) in [7, 11) is 0. The molecule has 0 heterocycles. The van der Waals surface area contributed by atoms with Crippen LogP contribution in [0.3, 0.4) is 0 Å². The van der Waals surface area contributed by atoms with Crippen molar-refractivity contribution < 1.29 is 4.79 Å². The van der Waals surface area contributed by atoms with Crippen molar-refractivity contribution in [3.8, 4) is 0 Å². The van der Waals surface area contributed by atoms with Crippen LogP contribution in [0.2, 0.25) is 0 Å². The van der Waals surface area contributed by atoms with Gasteiger partial charge >= 0.3 is 0 Å². The van der Waals surface area contributed by atoms with Gasteiger partial charge in [0.1, 0.15) is 0 Å². The Hall–Kier alpha value is -0.530. The van der Waals surface area contributed by atoms with E-state index in [1.165, 1.54) is 193 Å². The minimum Gasteiger partial charge on any atom is -0.370 e. The maximum Gasteiger partial charge on any atom is 0.217 e. The summed E-state index contributed by atoms with van der Waals surface area (Å²) < 4.78 is 0. The Morgan fingerprint density at radius 1 is 0.316 bits per heavy atom. The van der Waals surface area contributed by atoms with Crippen molar-refractivity contribution in [1.82, 2.24) is 0 Å². The first kappa shape index (κ1) is 39.6. The standard InChI is InChI=1S/C18H37NO.C18H38/c1-2-3-4-5-6-7-8-9-10-11-12-13-14-15-16-17-18(19)20;1-3-5-7-9-11-13-15-17-18-16-14-12-10-8-6-4-2/h2-17H2,1H3,(H2,19,20);3-18H2,1-2H3. The number of hydrogen-bond donors (Lipinski definition) is 1. The molecule has 0 saturated carbocycles. The number of carbonyl (C=O) groups excluding carboxylic acids is 1. The molecule has 0 unspecified atom stereocenters. The lowest BCUT2D eigenvalue weighted by Crippen LogP contribution is -2.09. The highest BCUT2D eigenvalue weighted by atomic mass is 16.1. The van der Waals surface area contributed by atoms with Gasteiger partial charge in [0, 0.05) is 6.42 Å². The van der Waals surface area contributed by atoms with Gasteiger partial charge in [-0.05, 0) is 6.42 Å². The summed E-state index contributed by atoms with van der Waals surface area (Å²) in [6, 6.07) is 0. The second kappa shape index (κ2) is 38.6. The first-order valence-electron chi connectivity index (χ1n) is 18.0. The molecule has 1 amide bonds. The zero-order valence-corrected chi connectivity index (χ0v) is 27.1. The molecule has 0 bridgehead atoms. The fraction of sp³-hybridized carbons (Fsp3) is 0.972. The Morgan fingerprint density at radius 3 is 0.632 bits per heavy atom. The summed E-state index contributed by atoms with van der Waals surface area (Å²) in [6.45, 7) is 6.86. The SMILES string of the molecule is CCCCCCCCCCCCCCCCCC.CCCCCCCCCCCCCCCCCC(N)=O. The van der Waals surface area contributed by atoms with Gasteiger partial charge in [0.2, 0.25) is 5.91 Å². The molecule has 0 radical (unpaired) electrons. The highest BCUT2D eigenvalue weighted by Crippen LogP contribution is 2.15. The largest absolute Gasteiger partial charge is 0.370 e. The second-order valence-electron chi connectivity index (χ2n) is 12.1. The molecule has 0 rings (SSSR count). The Kier molecular flexibility index (Phi) is 40.3. The number of primary amides is 1. The number of unbranched alkanes of at least 4 members (excludes halogenated alkanes) is 29. The Balaban J connectivity index is 0. The van der Waals surface area contributed by atoms with E-state index >= 15 is 0 Å². The van der Waals surface area contributed by atoms with Crippen molar-refractivity contribution in [3.05, 3.63) is 0 Å². The van der Waals surface area contributed by atoms with Crippen LogP contribution in [0.5, 0.6) is 0 Å². The molecule has 38 heavy (non-hydrogen) atoms. The van der Waals surface area contributed by atoms with Crippen LogP contribution >= 0.6 is 0 Å². The lowest BCUT2D eigenvalue weighted by molar-refractivity contribution is -0.118. The number of nitrogens with two attached hydrogens (primary N) is 1. The molecule has 0 aliphatic heterocycles. The van der Waals surface area contributed by atoms with Crippen molar-refractivity contribution >= 4 is 5.91 Å². The van der Waals surface area contributed by atoms with Crippen molar-refractivity contribution in [1.29, 1.82) is 0 Å². The fourth-order valence-corrected chi connectivity index (χ4v) is 5.29.